The molecule has 2 aromatic rings. The minimum Gasteiger partial charge on any atom is -0.391 e. The van der Waals surface area contributed by atoms with Crippen LogP contribution in [0.25, 0.3) is 0 Å². The van der Waals surface area contributed by atoms with Crippen molar-refractivity contribution in [2.45, 2.75) is 32.2 Å². The maximum atomic E-state index is 13.1. The molecule has 1 saturated heterocycles. The van der Waals surface area contributed by atoms with Crippen LogP contribution in [0.1, 0.15) is 22.5 Å². The van der Waals surface area contributed by atoms with Gasteiger partial charge in [0.05, 0.1) is 17.4 Å². The first-order valence-corrected chi connectivity index (χ1v) is 7.89. The molecule has 1 aliphatic heterocycles. The second kappa shape index (κ2) is 6.57. The lowest BCUT2D eigenvalue weighted by atomic mass is 10.00. The summed E-state index contributed by atoms with van der Waals surface area (Å²) >= 11 is 0. The predicted octanol–water partition coefficient (Wildman–Crippen LogP) is 2.77. The second-order valence-electron chi connectivity index (χ2n) is 6.42. The normalized spacial score (nSPS) is 22.2. The summed E-state index contributed by atoms with van der Waals surface area (Å²) in [5.41, 5.74) is 1.46. The minimum atomic E-state index is -4.36. The minimum absolute atomic E-state index is 0.0225. The highest BCUT2D eigenvalue weighted by atomic mass is 19.4. The molecule has 0 bridgehead atoms. The standard InChI is InChI=1S/C17H20F3N3O/c1-11-6-14(22-21-11)7-13-9-23(10-16(13)24)8-12-4-2-3-5-15(12)17(18,19)20/h2-6,13,16,24H,7-10H2,1H3,(H,21,22)/t13-,16+/m1/s1. The number of alkyl halides is 3. The Balaban J connectivity index is 1.67. The molecule has 0 amide bonds. The van der Waals surface area contributed by atoms with Gasteiger partial charge in [0.15, 0.2) is 0 Å². The average molecular weight is 339 g/mol. The highest BCUT2D eigenvalue weighted by Crippen LogP contribution is 2.33. The summed E-state index contributed by atoms with van der Waals surface area (Å²) in [6.45, 7) is 3.02. The molecular formula is C17H20F3N3O. The van der Waals surface area contributed by atoms with E-state index in [-0.39, 0.29) is 18.0 Å². The lowest BCUT2D eigenvalue weighted by Crippen LogP contribution is -2.23. The number of H-pyrrole nitrogens is 1. The van der Waals surface area contributed by atoms with Gasteiger partial charge in [-0.05, 0) is 31.0 Å². The average Bonchev–Trinajstić information content (AvgIpc) is 3.05. The Morgan fingerprint density at radius 3 is 2.71 bits per heavy atom. The zero-order valence-electron chi connectivity index (χ0n) is 13.3. The first-order valence-electron chi connectivity index (χ1n) is 7.89. The number of hydrogen-bond donors (Lipinski definition) is 2. The fraction of sp³-hybridized carbons (Fsp3) is 0.471. The van der Waals surface area contributed by atoms with Crippen molar-refractivity contribution in [1.29, 1.82) is 0 Å². The maximum Gasteiger partial charge on any atom is 0.416 e. The molecule has 0 spiro atoms. The highest BCUT2D eigenvalue weighted by Gasteiger charge is 2.36. The number of rotatable bonds is 4. The van der Waals surface area contributed by atoms with Gasteiger partial charge in [-0.1, -0.05) is 18.2 Å². The van der Waals surface area contributed by atoms with E-state index >= 15 is 0 Å². The Hall–Kier alpha value is -1.86. The number of aromatic nitrogens is 2. The summed E-state index contributed by atoms with van der Waals surface area (Å²) in [7, 11) is 0. The van der Waals surface area contributed by atoms with Crippen molar-refractivity contribution in [1.82, 2.24) is 15.1 Å². The Bertz CT molecular complexity index is 698. The number of hydrogen-bond acceptors (Lipinski definition) is 3. The molecule has 1 fully saturated rings. The first-order chi connectivity index (χ1) is 11.3. The van der Waals surface area contributed by atoms with Gasteiger partial charge < -0.3 is 5.11 Å². The summed E-state index contributed by atoms with van der Waals surface area (Å²) in [6.07, 6.45) is -4.30. The van der Waals surface area contributed by atoms with Crippen LogP contribution in [0.4, 0.5) is 13.2 Å². The zero-order chi connectivity index (χ0) is 17.3. The van der Waals surface area contributed by atoms with Gasteiger partial charge in [0.1, 0.15) is 0 Å². The highest BCUT2D eigenvalue weighted by molar-refractivity contribution is 5.29. The lowest BCUT2D eigenvalue weighted by molar-refractivity contribution is -0.138. The molecule has 0 unspecified atom stereocenters. The van der Waals surface area contributed by atoms with Gasteiger partial charge in [-0.3, -0.25) is 10.00 Å². The van der Waals surface area contributed by atoms with Crippen molar-refractivity contribution >= 4 is 0 Å². The van der Waals surface area contributed by atoms with E-state index in [4.69, 9.17) is 0 Å². The van der Waals surface area contributed by atoms with Crippen molar-refractivity contribution in [2.24, 2.45) is 5.92 Å². The monoisotopic (exact) mass is 339 g/mol. The van der Waals surface area contributed by atoms with Crippen molar-refractivity contribution < 1.29 is 18.3 Å². The number of aromatic amines is 1. The number of nitrogens with one attached hydrogen (secondary N) is 1. The van der Waals surface area contributed by atoms with Crippen LogP contribution >= 0.6 is 0 Å². The molecule has 2 heterocycles. The van der Waals surface area contributed by atoms with Gasteiger partial charge >= 0.3 is 6.18 Å². The number of benzene rings is 1. The SMILES string of the molecule is Cc1cc(C[C@@H]2CN(Cc3ccccc3C(F)(F)F)C[C@@H]2O)n[nH]1. The van der Waals surface area contributed by atoms with Crippen molar-refractivity contribution in [2.75, 3.05) is 13.1 Å². The Morgan fingerprint density at radius 2 is 2.04 bits per heavy atom. The summed E-state index contributed by atoms with van der Waals surface area (Å²) < 4.78 is 39.3. The number of nitrogens with zero attached hydrogens (tertiary/aromatic N) is 2. The number of likely N-dealkylation sites (tertiary alicyclic amines) is 1. The van der Waals surface area contributed by atoms with Crippen molar-refractivity contribution in [3.8, 4) is 0 Å². The smallest absolute Gasteiger partial charge is 0.391 e. The van der Waals surface area contributed by atoms with Crippen LogP contribution in [0.2, 0.25) is 0 Å². The topological polar surface area (TPSA) is 52.1 Å². The molecule has 0 radical (unpaired) electrons. The second-order valence-corrected chi connectivity index (χ2v) is 6.42. The van der Waals surface area contributed by atoms with Crippen molar-refractivity contribution in [3.63, 3.8) is 0 Å². The van der Waals surface area contributed by atoms with E-state index in [1.54, 1.807) is 6.07 Å². The summed E-state index contributed by atoms with van der Waals surface area (Å²) in [5, 5.41) is 17.3. The van der Waals surface area contributed by atoms with E-state index in [2.05, 4.69) is 10.2 Å². The third-order valence-corrected chi connectivity index (χ3v) is 4.43. The molecule has 0 aliphatic carbocycles. The largest absolute Gasteiger partial charge is 0.416 e. The summed E-state index contributed by atoms with van der Waals surface area (Å²) in [6, 6.07) is 7.54. The van der Waals surface area contributed by atoms with Crippen LogP contribution < -0.4 is 0 Å². The fourth-order valence-corrected chi connectivity index (χ4v) is 3.29. The molecule has 7 heteroatoms. The molecule has 24 heavy (non-hydrogen) atoms. The van der Waals surface area contributed by atoms with Crippen LogP contribution in [0, 0.1) is 12.8 Å². The van der Waals surface area contributed by atoms with Crippen LogP contribution in [0.5, 0.6) is 0 Å². The summed E-state index contributed by atoms with van der Waals surface area (Å²) in [5.74, 6) is -0.0225. The van der Waals surface area contributed by atoms with E-state index in [0.717, 1.165) is 17.5 Å². The van der Waals surface area contributed by atoms with E-state index in [9.17, 15) is 18.3 Å². The Labute approximate surface area is 138 Å². The molecule has 4 nitrogen and oxygen atoms in total. The van der Waals surface area contributed by atoms with Crippen LogP contribution in [0.3, 0.4) is 0 Å². The van der Waals surface area contributed by atoms with Gasteiger partial charge in [0, 0.05) is 31.2 Å². The van der Waals surface area contributed by atoms with E-state index < -0.39 is 17.8 Å². The van der Waals surface area contributed by atoms with Gasteiger partial charge in [0.2, 0.25) is 0 Å². The van der Waals surface area contributed by atoms with Gasteiger partial charge in [-0.15, -0.1) is 0 Å². The van der Waals surface area contributed by atoms with Crippen LogP contribution in [-0.2, 0) is 19.1 Å². The predicted molar refractivity (Wildman–Crippen MR) is 83.2 cm³/mol. The molecule has 130 valence electrons. The first kappa shape index (κ1) is 17.0. The van der Waals surface area contributed by atoms with Crippen LogP contribution in [0.15, 0.2) is 30.3 Å². The third-order valence-electron chi connectivity index (χ3n) is 4.43. The van der Waals surface area contributed by atoms with Gasteiger partial charge in [0.25, 0.3) is 0 Å². The quantitative estimate of drug-likeness (QED) is 0.901. The number of aryl methyl sites for hydroxylation is 1. The molecule has 1 aromatic heterocycles. The Kier molecular flexibility index (Phi) is 4.64. The van der Waals surface area contributed by atoms with Gasteiger partial charge in [-0.25, -0.2) is 0 Å². The molecule has 1 aliphatic rings. The third kappa shape index (κ3) is 3.79. The van der Waals surface area contributed by atoms with Crippen molar-refractivity contribution in [3.05, 3.63) is 52.8 Å². The van der Waals surface area contributed by atoms with Gasteiger partial charge in [-0.2, -0.15) is 18.3 Å². The molecule has 2 atom stereocenters. The lowest BCUT2D eigenvalue weighted by Gasteiger charge is -2.19. The number of β-amino-alcohol motifs (C(OH)–C–C–N with tert-alkyl or cyclic N) is 1. The molecule has 0 saturated carbocycles. The van der Waals surface area contributed by atoms with E-state index in [1.165, 1.54) is 12.1 Å². The molecular weight excluding hydrogens is 319 g/mol. The Morgan fingerprint density at radius 1 is 1.29 bits per heavy atom. The molecule has 3 rings (SSSR count). The summed E-state index contributed by atoms with van der Waals surface area (Å²) in [4.78, 5) is 1.87. The van der Waals surface area contributed by atoms with E-state index in [1.807, 2.05) is 17.9 Å². The number of aliphatic hydroxyl groups excluding tert-OH is 1. The fourth-order valence-electron chi connectivity index (χ4n) is 3.29. The van der Waals surface area contributed by atoms with E-state index in [0.29, 0.717) is 19.5 Å². The number of halogens is 3. The van der Waals surface area contributed by atoms with Crippen LogP contribution in [-0.4, -0.2) is 39.4 Å². The molecule has 2 N–H and O–H groups in total. The zero-order valence-corrected chi connectivity index (χ0v) is 13.3. The molecule has 1 aromatic carbocycles. The maximum absolute atomic E-state index is 13.1. The number of aliphatic hydroxyl groups is 1.